The zero-order valence-corrected chi connectivity index (χ0v) is 38.5. The highest BCUT2D eigenvalue weighted by Gasteiger charge is 2.41. The Kier molecular flexibility index (Phi) is 17.4. The molecule has 2 N–H and O–H groups in total. The summed E-state index contributed by atoms with van der Waals surface area (Å²) in [7, 11) is 0. The molecule has 6 amide bonds. The van der Waals surface area contributed by atoms with Crippen molar-refractivity contribution in [1.29, 1.82) is 0 Å². The summed E-state index contributed by atoms with van der Waals surface area (Å²) in [4.78, 5) is 109. The van der Waals surface area contributed by atoms with Gasteiger partial charge in [0, 0.05) is 24.9 Å². The van der Waals surface area contributed by atoms with Crippen molar-refractivity contribution in [2.75, 3.05) is 39.6 Å². The van der Waals surface area contributed by atoms with Gasteiger partial charge in [0.2, 0.25) is 23.6 Å². The lowest BCUT2D eigenvalue weighted by Crippen LogP contribution is -2.63. The molecule has 4 rings (SSSR count). The van der Waals surface area contributed by atoms with Crippen molar-refractivity contribution in [1.82, 2.24) is 30.2 Å². The summed E-state index contributed by atoms with van der Waals surface area (Å²) >= 11 is 0. The SMILES string of the molecule is C[C@H]([C@H](C)N1CC(=O)N(COC(=O)[C@H](Cc2ccc(C(F)(F)F)cc2)NC(=O)OC(C)(C)C)C(=O)C1)N1CC(=O)N(COC(=O)[C@H](Cc2ccc(C(F)(F)F)cc2)NC(=O)OC(C)(C)C)C(=O)C1. The van der Waals surface area contributed by atoms with Crippen molar-refractivity contribution in [3.8, 4) is 0 Å². The van der Waals surface area contributed by atoms with Crippen LogP contribution in [0.25, 0.3) is 0 Å². The van der Waals surface area contributed by atoms with Crippen molar-refractivity contribution >= 4 is 47.8 Å². The first-order valence-corrected chi connectivity index (χ1v) is 21.1. The molecular formula is C44H54F6N6O12. The lowest BCUT2D eigenvalue weighted by molar-refractivity contribution is -0.169. The van der Waals surface area contributed by atoms with Crippen molar-refractivity contribution in [2.45, 2.75) is 116 Å². The van der Waals surface area contributed by atoms with E-state index in [1.165, 1.54) is 9.80 Å². The van der Waals surface area contributed by atoms with Crippen LogP contribution in [0.5, 0.6) is 0 Å². The Morgan fingerprint density at radius 3 is 1.06 bits per heavy atom. The maximum atomic E-state index is 13.3. The molecule has 2 saturated heterocycles. The number of ether oxygens (including phenoxy) is 4. The van der Waals surface area contributed by atoms with Gasteiger partial charge in [0.15, 0.2) is 13.5 Å². The molecule has 0 bridgehead atoms. The molecule has 2 fully saturated rings. The van der Waals surface area contributed by atoms with Gasteiger partial charge in [-0.15, -0.1) is 0 Å². The maximum absolute atomic E-state index is 13.3. The third-order valence-electron chi connectivity index (χ3n) is 10.5. The molecule has 2 aromatic carbocycles. The number of alkyl carbamates (subject to hydrolysis) is 2. The molecule has 2 heterocycles. The number of amides is 6. The van der Waals surface area contributed by atoms with Crippen LogP contribution in [0.15, 0.2) is 48.5 Å². The minimum atomic E-state index is -4.62. The maximum Gasteiger partial charge on any atom is 0.416 e. The van der Waals surface area contributed by atoms with E-state index in [0.29, 0.717) is 9.80 Å². The third kappa shape index (κ3) is 15.9. The summed E-state index contributed by atoms with van der Waals surface area (Å²) in [5, 5.41) is 4.63. The molecule has 2 aliphatic heterocycles. The summed E-state index contributed by atoms with van der Waals surface area (Å²) in [5.41, 5.74) is -3.43. The van der Waals surface area contributed by atoms with Crippen LogP contribution in [0.1, 0.15) is 77.6 Å². The fourth-order valence-corrected chi connectivity index (χ4v) is 6.78. The highest BCUT2D eigenvalue weighted by atomic mass is 19.4. The standard InChI is InChI=1S/C44H54F6N6O12/c1-25(53-19-33(57)55(34(58)20-53)23-65-37(61)31(51-39(63)67-41(3,4)5)17-27-9-13-29(14-10-27)43(45,46)47)26(2)54-21-35(59)56(36(60)22-54)24-66-38(62)32(52-40(64)68-42(6,7)8)18-28-11-15-30(16-12-28)44(48,49)50/h9-16,25-26,31-32H,17-24H2,1-8H3,(H,51,63)(H,52,64)/t25-,26+,31-,32-/m0/s1. The van der Waals surface area contributed by atoms with Crippen LogP contribution in [0.2, 0.25) is 0 Å². The van der Waals surface area contributed by atoms with Crippen molar-refractivity contribution in [3.63, 3.8) is 0 Å². The van der Waals surface area contributed by atoms with Gasteiger partial charge in [-0.2, -0.15) is 26.3 Å². The normalized spacial score (nSPS) is 17.5. The zero-order valence-electron chi connectivity index (χ0n) is 38.5. The third-order valence-corrected chi connectivity index (χ3v) is 10.5. The predicted octanol–water partition coefficient (Wildman–Crippen LogP) is 4.42. The molecule has 0 unspecified atom stereocenters. The van der Waals surface area contributed by atoms with E-state index < -0.39 is 120 Å². The average Bonchev–Trinajstić information content (AvgIpc) is 3.20. The summed E-state index contributed by atoms with van der Waals surface area (Å²) in [6, 6.07) is 3.34. The van der Waals surface area contributed by atoms with Crippen LogP contribution < -0.4 is 10.6 Å². The molecule has 0 aliphatic carbocycles. The van der Waals surface area contributed by atoms with Crippen LogP contribution in [0, 0.1) is 0 Å². The molecule has 2 aliphatic rings. The summed E-state index contributed by atoms with van der Waals surface area (Å²) < 4.78 is 99.7. The summed E-state index contributed by atoms with van der Waals surface area (Å²) in [5.74, 6) is -5.40. The van der Waals surface area contributed by atoms with E-state index >= 15 is 0 Å². The first-order valence-electron chi connectivity index (χ1n) is 21.1. The van der Waals surface area contributed by atoms with Crippen molar-refractivity contribution in [2.24, 2.45) is 0 Å². The summed E-state index contributed by atoms with van der Waals surface area (Å²) in [6.45, 7) is 9.43. The number of hydrogen-bond acceptors (Lipinski definition) is 14. The molecule has 18 nitrogen and oxygen atoms in total. The Morgan fingerprint density at radius 2 is 0.809 bits per heavy atom. The van der Waals surface area contributed by atoms with E-state index in [4.69, 9.17) is 18.9 Å². The first kappa shape index (κ1) is 54.3. The fourth-order valence-electron chi connectivity index (χ4n) is 6.78. The largest absolute Gasteiger partial charge is 0.444 e. The van der Waals surface area contributed by atoms with E-state index in [1.807, 2.05) is 0 Å². The number of carbonyl (C=O) groups is 8. The number of alkyl halides is 6. The van der Waals surface area contributed by atoms with Crippen LogP contribution in [-0.4, -0.2) is 142 Å². The van der Waals surface area contributed by atoms with Gasteiger partial charge in [0.05, 0.1) is 37.3 Å². The fraction of sp³-hybridized carbons (Fsp3) is 0.545. The van der Waals surface area contributed by atoms with E-state index in [-0.39, 0.29) is 50.1 Å². The van der Waals surface area contributed by atoms with E-state index in [0.717, 1.165) is 48.5 Å². The highest BCUT2D eigenvalue weighted by molar-refractivity contribution is 6.00. The predicted molar refractivity (Wildman–Crippen MR) is 224 cm³/mol. The van der Waals surface area contributed by atoms with Crippen molar-refractivity contribution in [3.05, 3.63) is 70.8 Å². The molecule has 0 spiro atoms. The average molecular weight is 973 g/mol. The molecule has 0 aromatic heterocycles. The zero-order chi connectivity index (χ0) is 51.1. The molecular weight excluding hydrogens is 919 g/mol. The Bertz CT molecular complexity index is 2000. The second kappa shape index (κ2) is 21.8. The van der Waals surface area contributed by atoms with E-state index in [9.17, 15) is 64.7 Å². The van der Waals surface area contributed by atoms with Gasteiger partial charge in [-0.25, -0.2) is 29.0 Å². The number of nitrogens with zero attached hydrogens (tertiary/aromatic N) is 4. The van der Waals surface area contributed by atoms with Gasteiger partial charge < -0.3 is 29.6 Å². The number of benzene rings is 2. The number of halogens is 6. The molecule has 4 atom stereocenters. The van der Waals surface area contributed by atoms with E-state index in [1.54, 1.807) is 55.4 Å². The smallest absolute Gasteiger partial charge is 0.416 e. The van der Waals surface area contributed by atoms with E-state index in [2.05, 4.69) is 10.6 Å². The van der Waals surface area contributed by atoms with Gasteiger partial charge in [-0.05, 0) is 90.8 Å². The minimum Gasteiger partial charge on any atom is -0.444 e. The van der Waals surface area contributed by atoms with Crippen molar-refractivity contribution < 1.29 is 83.6 Å². The van der Waals surface area contributed by atoms with Gasteiger partial charge in [0.25, 0.3) is 0 Å². The number of rotatable bonds is 15. The number of hydrogen-bond donors (Lipinski definition) is 2. The molecule has 0 radical (unpaired) electrons. The quantitative estimate of drug-likeness (QED) is 0.110. The number of esters is 2. The van der Waals surface area contributed by atoms with Gasteiger partial charge >= 0.3 is 36.5 Å². The number of imide groups is 2. The molecule has 2 aromatic rings. The molecule has 68 heavy (non-hydrogen) atoms. The van der Waals surface area contributed by atoms with Crippen LogP contribution in [0.3, 0.4) is 0 Å². The van der Waals surface area contributed by atoms with Gasteiger partial charge in [-0.3, -0.25) is 29.0 Å². The van der Waals surface area contributed by atoms with Crippen LogP contribution in [-0.2, 0) is 72.9 Å². The monoisotopic (exact) mass is 972 g/mol. The Labute approximate surface area is 387 Å². The Balaban J connectivity index is 1.34. The minimum absolute atomic E-state index is 0.212. The topological polar surface area (TPSA) is 210 Å². The van der Waals surface area contributed by atoms with Gasteiger partial charge in [0.1, 0.15) is 23.3 Å². The second-order valence-electron chi connectivity index (χ2n) is 18.1. The Morgan fingerprint density at radius 1 is 0.529 bits per heavy atom. The molecule has 24 heteroatoms. The molecule has 0 saturated carbocycles. The Hall–Kier alpha value is -6.30. The lowest BCUT2D eigenvalue weighted by atomic mass is 10.0. The summed E-state index contributed by atoms with van der Waals surface area (Å²) in [6.07, 6.45) is -12.0. The molecule has 374 valence electrons. The van der Waals surface area contributed by atoms with Crippen LogP contribution >= 0.6 is 0 Å². The van der Waals surface area contributed by atoms with Gasteiger partial charge in [-0.1, -0.05) is 24.3 Å². The number of carbonyl (C=O) groups excluding carboxylic acids is 8. The first-order chi connectivity index (χ1) is 31.3. The second-order valence-corrected chi connectivity index (χ2v) is 18.1. The number of piperazine rings is 2. The lowest BCUT2D eigenvalue weighted by Gasteiger charge is -2.43. The highest BCUT2D eigenvalue weighted by Crippen LogP contribution is 2.30. The number of nitrogens with one attached hydrogen (secondary N) is 2. The van der Waals surface area contributed by atoms with Crippen LogP contribution in [0.4, 0.5) is 35.9 Å².